The lowest BCUT2D eigenvalue weighted by molar-refractivity contribution is -0.129. The van der Waals surface area contributed by atoms with Crippen molar-refractivity contribution in [2.75, 3.05) is 6.61 Å². The second-order valence-corrected chi connectivity index (χ2v) is 6.03. The minimum Gasteiger partial charge on any atom is -0.369 e. The van der Waals surface area contributed by atoms with Crippen molar-refractivity contribution in [3.63, 3.8) is 0 Å². The molecule has 1 aliphatic carbocycles. The first-order valence-electron chi connectivity index (χ1n) is 6.01. The topological polar surface area (TPSA) is 46.7 Å². The Morgan fingerprint density at radius 2 is 2.06 bits per heavy atom. The van der Waals surface area contributed by atoms with Crippen LogP contribution < -0.4 is 0 Å². The first-order valence-corrected chi connectivity index (χ1v) is 6.01. The summed E-state index contributed by atoms with van der Waals surface area (Å²) in [6.07, 6.45) is 2.64. The van der Waals surface area contributed by atoms with Gasteiger partial charge >= 0.3 is 0 Å². The number of Topliss-reactive ketones (excluding diaryl/α,β-unsaturated/α-hetero) is 2. The van der Waals surface area contributed by atoms with Crippen molar-refractivity contribution in [2.45, 2.75) is 52.1 Å². The summed E-state index contributed by atoms with van der Waals surface area (Å²) in [4.78, 5) is 22.8. The standard InChI is InChI=1S/C13H20O3/c1-9(14)4-5-11-12(2,3)6-10(15)7-13(11)8-16-13/h11H,4-8H2,1-3H3. The molecule has 2 fully saturated rings. The molecule has 1 aliphatic heterocycles. The second kappa shape index (κ2) is 3.66. The highest BCUT2D eigenvalue weighted by molar-refractivity contribution is 5.82. The van der Waals surface area contributed by atoms with E-state index in [4.69, 9.17) is 4.74 Å². The van der Waals surface area contributed by atoms with Crippen LogP contribution in [0.5, 0.6) is 0 Å². The molecule has 90 valence electrons. The van der Waals surface area contributed by atoms with Crippen LogP contribution in [0.1, 0.15) is 46.5 Å². The zero-order valence-electron chi connectivity index (χ0n) is 10.3. The molecule has 0 aromatic carbocycles. The van der Waals surface area contributed by atoms with Crippen molar-refractivity contribution in [1.29, 1.82) is 0 Å². The highest BCUT2D eigenvalue weighted by Gasteiger charge is 2.60. The number of epoxide rings is 1. The molecule has 0 radical (unpaired) electrons. The van der Waals surface area contributed by atoms with E-state index >= 15 is 0 Å². The molecule has 2 atom stereocenters. The molecular formula is C13H20O3. The molecule has 2 unspecified atom stereocenters. The number of rotatable bonds is 3. The molecule has 2 aliphatic rings. The third kappa shape index (κ3) is 2.05. The fourth-order valence-electron chi connectivity index (χ4n) is 3.26. The predicted octanol–water partition coefficient (Wildman–Crippen LogP) is 2.13. The van der Waals surface area contributed by atoms with Gasteiger partial charge in [-0.1, -0.05) is 13.8 Å². The fraction of sp³-hybridized carbons (Fsp3) is 0.846. The summed E-state index contributed by atoms with van der Waals surface area (Å²) in [5, 5.41) is 0. The maximum atomic E-state index is 11.7. The Kier molecular flexibility index (Phi) is 2.69. The van der Waals surface area contributed by atoms with Crippen LogP contribution >= 0.6 is 0 Å². The third-order valence-corrected chi connectivity index (χ3v) is 4.03. The van der Waals surface area contributed by atoms with Gasteiger partial charge in [0.25, 0.3) is 0 Å². The molecule has 1 saturated heterocycles. The van der Waals surface area contributed by atoms with Crippen LogP contribution in [-0.2, 0) is 14.3 Å². The Bertz CT molecular complexity index is 316. The van der Waals surface area contributed by atoms with Gasteiger partial charge in [-0.25, -0.2) is 0 Å². The van der Waals surface area contributed by atoms with Crippen molar-refractivity contribution in [2.24, 2.45) is 11.3 Å². The predicted molar refractivity (Wildman–Crippen MR) is 60.1 cm³/mol. The van der Waals surface area contributed by atoms with Crippen molar-refractivity contribution < 1.29 is 14.3 Å². The van der Waals surface area contributed by atoms with Crippen molar-refractivity contribution in [3.05, 3.63) is 0 Å². The van der Waals surface area contributed by atoms with Gasteiger partial charge in [-0.3, -0.25) is 4.79 Å². The number of ketones is 2. The zero-order chi connectivity index (χ0) is 12.0. The number of ether oxygens (including phenoxy) is 1. The molecule has 0 aromatic rings. The first-order chi connectivity index (χ1) is 7.36. The number of hydrogen-bond donors (Lipinski definition) is 0. The van der Waals surface area contributed by atoms with Gasteiger partial charge in [0.1, 0.15) is 17.2 Å². The Labute approximate surface area is 96.5 Å². The smallest absolute Gasteiger partial charge is 0.136 e. The van der Waals surface area contributed by atoms with Gasteiger partial charge in [0.05, 0.1) is 6.61 Å². The molecule has 0 amide bonds. The van der Waals surface area contributed by atoms with E-state index in [1.54, 1.807) is 6.92 Å². The van der Waals surface area contributed by atoms with Gasteiger partial charge in [0.15, 0.2) is 0 Å². The summed E-state index contributed by atoms with van der Waals surface area (Å²) in [7, 11) is 0. The van der Waals surface area contributed by atoms with Crippen LogP contribution in [0, 0.1) is 11.3 Å². The summed E-state index contributed by atoms with van der Waals surface area (Å²) >= 11 is 0. The summed E-state index contributed by atoms with van der Waals surface area (Å²) in [6, 6.07) is 0. The normalized spacial score (nSPS) is 36.4. The molecule has 1 heterocycles. The van der Waals surface area contributed by atoms with Gasteiger partial charge in [-0.15, -0.1) is 0 Å². The number of carbonyl (C=O) groups excluding carboxylic acids is 2. The molecule has 2 rings (SSSR count). The molecule has 0 aromatic heterocycles. The molecule has 0 bridgehead atoms. The molecule has 3 heteroatoms. The summed E-state index contributed by atoms with van der Waals surface area (Å²) in [5.41, 5.74) is -0.241. The minimum absolute atomic E-state index is 0.0265. The maximum absolute atomic E-state index is 11.7. The molecule has 16 heavy (non-hydrogen) atoms. The van der Waals surface area contributed by atoms with Crippen LogP contribution in [0.25, 0.3) is 0 Å². The van der Waals surface area contributed by atoms with Crippen molar-refractivity contribution in [3.8, 4) is 0 Å². The van der Waals surface area contributed by atoms with Crippen LogP contribution in [0.15, 0.2) is 0 Å². The van der Waals surface area contributed by atoms with Crippen LogP contribution in [0.4, 0.5) is 0 Å². The lowest BCUT2D eigenvalue weighted by atomic mass is 9.61. The van der Waals surface area contributed by atoms with Gasteiger partial charge in [-0.2, -0.15) is 0 Å². The molecule has 0 N–H and O–H groups in total. The van der Waals surface area contributed by atoms with E-state index in [9.17, 15) is 9.59 Å². The van der Waals surface area contributed by atoms with E-state index in [0.717, 1.165) is 6.42 Å². The SMILES string of the molecule is CC(=O)CCC1C(C)(C)CC(=O)CC12CO2. The molecule has 1 saturated carbocycles. The summed E-state index contributed by atoms with van der Waals surface area (Å²) in [6.45, 7) is 6.57. The van der Waals surface area contributed by atoms with Crippen molar-refractivity contribution in [1.82, 2.24) is 0 Å². The Balaban J connectivity index is 2.12. The fourth-order valence-corrected chi connectivity index (χ4v) is 3.26. The van der Waals surface area contributed by atoms with Crippen LogP contribution in [0.2, 0.25) is 0 Å². The first kappa shape index (κ1) is 11.8. The lowest BCUT2D eigenvalue weighted by Crippen LogP contribution is -2.45. The lowest BCUT2D eigenvalue weighted by Gasteiger charge is -2.42. The number of carbonyl (C=O) groups is 2. The van der Waals surface area contributed by atoms with E-state index in [-0.39, 0.29) is 16.8 Å². The van der Waals surface area contributed by atoms with E-state index < -0.39 is 0 Å². The average Bonchev–Trinajstić information content (AvgIpc) is 2.80. The summed E-state index contributed by atoms with van der Waals surface area (Å²) < 4.78 is 5.56. The van der Waals surface area contributed by atoms with E-state index in [1.165, 1.54) is 0 Å². The maximum Gasteiger partial charge on any atom is 0.136 e. The van der Waals surface area contributed by atoms with Gasteiger partial charge < -0.3 is 9.53 Å². The van der Waals surface area contributed by atoms with Crippen LogP contribution in [-0.4, -0.2) is 23.8 Å². The zero-order valence-corrected chi connectivity index (χ0v) is 10.3. The molecule has 1 spiro atoms. The largest absolute Gasteiger partial charge is 0.369 e. The molecular weight excluding hydrogens is 204 g/mol. The molecule has 3 nitrogen and oxygen atoms in total. The van der Waals surface area contributed by atoms with E-state index in [0.29, 0.717) is 37.6 Å². The minimum atomic E-state index is -0.214. The highest BCUT2D eigenvalue weighted by atomic mass is 16.6. The van der Waals surface area contributed by atoms with E-state index in [1.807, 2.05) is 0 Å². The van der Waals surface area contributed by atoms with Crippen LogP contribution in [0.3, 0.4) is 0 Å². The Hall–Kier alpha value is -0.700. The van der Waals surface area contributed by atoms with Gasteiger partial charge in [0.2, 0.25) is 0 Å². The average molecular weight is 224 g/mol. The van der Waals surface area contributed by atoms with E-state index in [2.05, 4.69) is 13.8 Å². The highest BCUT2D eigenvalue weighted by Crippen LogP contribution is 2.54. The monoisotopic (exact) mass is 224 g/mol. The van der Waals surface area contributed by atoms with Gasteiger partial charge in [0, 0.05) is 19.3 Å². The third-order valence-electron chi connectivity index (χ3n) is 4.03. The second-order valence-electron chi connectivity index (χ2n) is 6.03. The van der Waals surface area contributed by atoms with Gasteiger partial charge in [-0.05, 0) is 24.7 Å². The summed E-state index contributed by atoms with van der Waals surface area (Å²) in [5.74, 6) is 0.881. The number of hydrogen-bond acceptors (Lipinski definition) is 3. The Morgan fingerprint density at radius 3 is 2.56 bits per heavy atom. The quantitative estimate of drug-likeness (QED) is 0.690. The van der Waals surface area contributed by atoms with Crippen molar-refractivity contribution >= 4 is 11.6 Å². The Morgan fingerprint density at radius 1 is 1.44 bits per heavy atom.